The van der Waals surface area contributed by atoms with E-state index < -0.39 is 0 Å². The SMILES string of the molecule is CCCCN(CC1CCCN1)c1ncccc1Cl. The quantitative estimate of drug-likeness (QED) is 0.859. The Bertz CT molecular complexity index is 364. The van der Waals surface area contributed by atoms with Gasteiger partial charge in [-0.3, -0.25) is 0 Å². The highest BCUT2D eigenvalue weighted by molar-refractivity contribution is 6.32. The van der Waals surface area contributed by atoms with Gasteiger partial charge in [0.1, 0.15) is 5.82 Å². The highest BCUT2D eigenvalue weighted by Gasteiger charge is 2.19. The van der Waals surface area contributed by atoms with Crippen LogP contribution in [0.4, 0.5) is 5.82 Å². The molecule has 4 heteroatoms. The largest absolute Gasteiger partial charge is 0.354 e. The predicted octanol–water partition coefficient (Wildman–Crippen LogP) is 3.09. The molecule has 0 aromatic carbocycles. The zero-order chi connectivity index (χ0) is 12.8. The fourth-order valence-electron chi connectivity index (χ4n) is 2.42. The molecule has 18 heavy (non-hydrogen) atoms. The summed E-state index contributed by atoms with van der Waals surface area (Å²) in [6, 6.07) is 4.39. The number of pyridine rings is 1. The van der Waals surface area contributed by atoms with E-state index in [0.29, 0.717) is 6.04 Å². The predicted molar refractivity (Wildman–Crippen MR) is 77.4 cm³/mol. The van der Waals surface area contributed by atoms with Crippen molar-refractivity contribution in [3.05, 3.63) is 23.4 Å². The van der Waals surface area contributed by atoms with Crippen LogP contribution in [0.15, 0.2) is 18.3 Å². The van der Waals surface area contributed by atoms with Crippen LogP contribution in [-0.2, 0) is 0 Å². The van der Waals surface area contributed by atoms with Crippen LogP contribution >= 0.6 is 11.6 Å². The smallest absolute Gasteiger partial charge is 0.147 e. The summed E-state index contributed by atoms with van der Waals surface area (Å²) in [6.07, 6.45) is 6.73. The first-order valence-corrected chi connectivity index (χ1v) is 7.28. The van der Waals surface area contributed by atoms with E-state index in [2.05, 4.69) is 22.1 Å². The first kappa shape index (κ1) is 13.6. The first-order chi connectivity index (χ1) is 8.81. The fourth-order valence-corrected chi connectivity index (χ4v) is 2.66. The van der Waals surface area contributed by atoms with Crippen LogP contribution < -0.4 is 10.2 Å². The van der Waals surface area contributed by atoms with E-state index in [-0.39, 0.29) is 0 Å². The van der Waals surface area contributed by atoms with E-state index in [0.717, 1.165) is 30.5 Å². The van der Waals surface area contributed by atoms with Crippen molar-refractivity contribution in [1.82, 2.24) is 10.3 Å². The van der Waals surface area contributed by atoms with Crippen molar-refractivity contribution in [3.8, 4) is 0 Å². The van der Waals surface area contributed by atoms with Crippen molar-refractivity contribution in [2.24, 2.45) is 0 Å². The van der Waals surface area contributed by atoms with Crippen LogP contribution in [0, 0.1) is 0 Å². The maximum absolute atomic E-state index is 6.26. The Balaban J connectivity index is 2.06. The second kappa shape index (κ2) is 6.95. The molecule has 1 N–H and O–H groups in total. The van der Waals surface area contributed by atoms with Gasteiger partial charge >= 0.3 is 0 Å². The molecule has 1 unspecified atom stereocenters. The highest BCUT2D eigenvalue weighted by Crippen LogP contribution is 2.23. The van der Waals surface area contributed by atoms with Crippen LogP contribution in [0.5, 0.6) is 0 Å². The third-order valence-corrected chi connectivity index (χ3v) is 3.72. The summed E-state index contributed by atoms with van der Waals surface area (Å²) in [5.74, 6) is 0.932. The molecule has 2 rings (SSSR count). The second-order valence-electron chi connectivity index (χ2n) is 4.90. The van der Waals surface area contributed by atoms with E-state index in [1.165, 1.54) is 25.7 Å². The molecule has 1 atom stereocenters. The Morgan fingerprint density at radius 1 is 1.56 bits per heavy atom. The van der Waals surface area contributed by atoms with Crippen molar-refractivity contribution in [2.45, 2.75) is 38.6 Å². The molecule has 3 nitrogen and oxygen atoms in total. The Morgan fingerprint density at radius 2 is 2.44 bits per heavy atom. The van der Waals surface area contributed by atoms with E-state index in [9.17, 15) is 0 Å². The lowest BCUT2D eigenvalue weighted by Crippen LogP contribution is -2.38. The van der Waals surface area contributed by atoms with Crippen LogP contribution in [0.25, 0.3) is 0 Å². The van der Waals surface area contributed by atoms with E-state index in [1.807, 2.05) is 18.3 Å². The Morgan fingerprint density at radius 3 is 3.11 bits per heavy atom. The van der Waals surface area contributed by atoms with Gasteiger partial charge in [-0.05, 0) is 37.9 Å². The maximum Gasteiger partial charge on any atom is 0.147 e. The summed E-state index contributed by atoms with van der Waals surface area (Å²) in [5.41, 5.74) is 0. The molecule has 1 aromatic heterocycles. The van der Waals surface area contributed by atoms with Gasteiger partial charge in [0.15, 0.2) is 0 Å². The summed E-state index contributed by atoms with van der Waals surface area (Å²) in [4.78, 5) is 6.77. The van der Waals surface area contributed by atoms with Gasteiger partial charge in [-0.1, -0.05) is 24.9 Å². The van der Waals surface area contributed by atoms with Crippen LogP contribution in [0.2, 0.25) is 5.02 Å². The van der Waals surface area contributed by atoms with E-state index in [1.54, 1.807) is 0 Å². The second-order valence-corrected chi connectivity index (χ2v) is 5.31. The molecule has 0 bridgehead atoms. The molecule has 1 fully saturated rings. The number of nitrogens with zero attached hydrogens (tertiary/aromatic N) is 2. The molecule has 0 aliphatic carbocycles. The third kappa shape index (κ3) is 3.59. The number of aromatic nitrogens is 1. The molecule has 0 saturated carbocycles. The van der Waals surface area contributed by atoms with Crippen LogP contribution in [-0.4, -0.2) is 30.7 Å². The van der Waals surface area contributed by atoms with Gasteiger partial charge < -0.3 is 10.2 Å². The molecule has 2 heterocycles. The molecular formula is C14H22ClN3. The minimum absolute atomic E-state index is 0.583. The average Bonchev–Trinajstić information content (AvgIpc) is 2.88. The average molecular weight is 268 g/mol. The van der Waals surface area contributed by atoms with Crippen LogP contribution in [0.1, 0.15) is 32.6 Å². The number of rotatable bonds is 6. The topological polar surface area (TPSA) is 28.2 Å². The minimum atomic E-state index is 0.583. The number of nitrogens with one attached hydrogen (secondary N) is 1. The molecule has 1 aliphatic rings. The van der Waals surface area contributed by atoms with Crippen molar-refractivity contribution in [3.63, 3.8) is 0 Å². The van der Waals surface area contributed by atoms with Crippen molar-refractivity contribution in [2.75, 3.05) is 24.5 Å². The van der Waals surface area contributed by atoms with Gasteiger partial charge in [0.05, 0.1) is 5.02 Å². The standard InChI is InChI=1S/C14H22ClN3/c1-2-3-10-18(11-12-6-4-8-16-12)14-13(15)7-5-9-17-14/h5,7,9,12,16H,2-4,6,8,10-11H2,1H3. The Kier molecular flexibility index (Phi) is 5.26. The van der Waals surface area contributed by atoms with Gasteiger partial charge in [-0.15, -0.1) is 0 Å². The monoisotopic (exact) mass is 267 g/mol. The molecule has 1 saturated heterocycles. The van der Waals surface area contributed by atoms with Crippen molar-refractivity contribution in [1.29, 1.82) is 0 Å². The fraction of sp³-hybridized carbons (Fsp3) is 0.643. The molecular weight excluding hydrogens is 246 g/mol. The number of halogens is 1. The normalized spacial score (nSPS) is 19.1. The molecule has 1 aliphatic heterocycles. The van der Waals surface area contributed by atoms with Crippen molar-refractivity contribution >= 4 is 17.4 Å². The Hall–Kier alpha value is -0.800. The summed E-state index contributed by atoms with van der Waals surface area (Å²) >= 11 is 6.26. The van der Waals surface area contributed by atoms with E-state index in [4.69, 9.17) is 11.6 Å². The van der Waals surface area contributed by atoms with Gasteiger partial charge in [0.2, 0.25) is 0 Å². The third-order valence-electron chi connectivity index (χ3n) is 3.42. The zero-order valence-corrected chi connectivity index (χ0v) is 11.8. The molecule has 1 aromatic rings. The summed E-state index contributed by atoms with van der Waals surface area (Å²) in [5, 5.41) is 4.30. The first-order valence-electron chi connectivity index (χ1n) is 6.90. The molecule has 0 amide bonds. The zero-order valence-electron chi connectivity index (χ0n) is 11.0. The number of hydrogen-bond acceptors (Lipinski definition) is 3. The Labute approximate surface area is 115 Å². The lowest BCUT2D eigenvalue weighted by molar-refractivity contribution is 0.569. The summed E-state index contributed by atoms with van der Waals surface area (Å²) in [7, 11) is 0. The van der Waals surface area contributed by atoms with E-state index >= 15 is 0 Å². The van der Waals surface area contributed by atoms with Gasteiger partial charge in [0.25, 0.3) is 0 Å². The highest BCUT2D eigenvalue weighted by atomic mass is 35.5. The summed E-state index contributed by atoms with van der Waals surface area (Å²) in [6.45, 7) is 5.40. The molecule has 0 radical (unpaired) electrons. The lowest BCUT2D eigenvalue weighted by Gasteiger charge is -2.27. The van der Waals surface area contributed by atoms with Gasteiger partial charge in [-0.25, -0.2) is 4.98 Å². The molecule has 0 spiro atoms. The number of unbranched alkanes of at least 4 members (excludes halogenated alkanes) is 1. The summed E-state index contributed by atoms with van der Waals surface area (Å²) < 4.78 is 0. The minimum Gasteiger partial charge on any atom is -0.354 e. The number of hydrogen-bond donors (Lipinski definition) is 1. The lowest BCUT2D eigenvalue weighted by atomic mass is 10.2. The van der Waals surface area contributed by atoms with Crippen LogP contribution in [0.3, 0.4) is 0 Å². The van der Waals surface area contributed by atoms with Crippen molar-refractivity contribution < 1.29 is 0 Å². The maximum atomic E-state index is 6.26. The molecule has 100 valence electrons. The van der Waals surface area contributed by atoms with Gasteiger partial charge in [0, 0.05) is 25.3 Å². The van der Waals surface area contributed by atoms with Gasteiger partial charge in [-0.2, -0.15) is 0 Å². The number of anilines is 1.